The van der Waals surface area contributed by atoms with E-state index in [1.165, 1.54) is 32.1 Å². The fourth-order valence-corrected chi connectivity index (χ4v) is 3.02. The van der Waals surface area contributed by atoms with Crippen molar-refractivity contribution in [1.82, 2.24) is 0 Å². The third kappa shape index (κ3) is 2.48. The minimum absolute atomic E-state index is 0.598. The van der Waals surface area contributed by atoms with E-state index in [-0.39, 0.29) is 0 Å². The first-order valence-electron chi connectivity index (χ1n) is 5.20. The largest absolute Gasteiger partial charge is 0.0891 e. The van der Waals surface area contributed by atoms with E-state index in [1.807, 2.05) is 0 Å². The molecule has 0 amide bonds. The Morgan fingerprint density at radius 3 is 2.67 bits per heavy atom. The molecule has 1 heteroatoms. The van der Waals surface area contributed by atoms with E-state index in [0.29, 0.717) is 5.41 Å². The maximum Gasteiger partial charge on any atom is 0.0148 e. The summed E-state index contributed by atoms with van der Waals surface area (Å²) < 4.78 is 0. The van der Waals surface area contributed by atoms with E-state index >= 15 is 0 Å². The zero-order chi connectivity index (χ0) is 9.19. The van der Waals surface area contributed by atoms with Crippen molar-refractivity contribution < 1.29 is 0 Å². The van der Waals surface area contributed by atoms with Gasteiger partial charge in [-0.1, -0.05) is 49.5 Å². The second-order valence-corrected chi connectivity index (χ2v) is 6.14. The molecule has 1 fully saturated rings. The van der Waals surface area contributed by atoms with Crippen molar-refractivity contribution in [1.29, 1.82) is 0 Å². The molecule has 12 heavy (non-hydrogen) atoms. The van der Waals surface area contributed by atoms with Crippen molar-refractivity contribution in [2.24, 2.45) is 11.3 Å². The van der Waals surface area contributed by atoms with Crippen molar-refractivity contribution in [2.75, 3.05) is 0 Å². The first-order chi connectivity index (χ1) is 5.56. The van der Waals surface area contributed by atoms with Crippen molar-refractivity contribution in [3.05, 3.63) is 0 Å². The molecule has 0 nitrogen and oxygen atoms in total. The fraction of sp³-hybridized carbons (Fsp3) is 1.00. The molecule has 0 aromatic heterocycles. The topological polar surface area (TPSA) is 0 Å². The molecule has 1 aliphatic rings. The minimum Gasteiger partial charge on any atom is -0.0891 e. The predicted molar refractivity (Wildman–Crippen MR) is 58.7 cm³/mol. The summed E-state index contributed by atoms with van der Waals surface area (Å²) in [5.41, 5.74) is 0.598. The maximum atomic E-state index is 3.75. The molecule has 1 aliphatic carbocycles. The lowest BCUT2D eigenvalue weighted by Gasteiger charge is -2.40. The molecule has 0 bridgehead atoms. The highest BCUT2D eigenvalue weighted by Gasteiger charge is 2.34. The summed E-state index contributed by atoms with van der Waals surface area (Å²) in [7, 11) is 0. The molecule has 0 aliphatic heterocycles. The molecule has 1 saturated carbocycles. The van der Waals surface area contributed by atoms with Gasteiger partial charge in [-0.2, -0.15) is 0 Å². The molecule has 2 unspecified atom stereocenters. The van der Waals surface area contributed by atoms with Crippen LogP contribution >= 0.6 is 15.9 Å². The summed E-state index contributed by atoms with van der Waals surface area (Å²) in [5, 5.41) is 0. The van der Waals surface area contributed by atoms with Crippen LogP contribution in [0.1, 0.15) is 52.9 Å². The highest BCUT2D eigenvalue weighted by Crippen LogP contribution is 2.44. The van der Waals surface area contributed by atoms with Gasteiger partial charge >= 0.3 is 0 Å². The average molecular weight is 233 g/mol. The summed E-state index contributed by atoms with van der Waals surface area (Å²) in [4.78, 5) is 0.794. The Bertz CT molecular complexity index is 140. The van der Waals surface area contributed by atoms with E-state index < -0.39 is 0 Å². The average Bonchev–Trinajstić information content (AvgIpc) is 1.98. The lowest BCUT2D eigenvalue weighted by atomic mass is 9.67. The second kappa shape index (κ2) is 4.13. The van der Waals surface area contributed by atoms with Gasteiger partial charge in [0, 0.05) is 4.83 Å². The zero-order valence-electron chi connectivity index (χ0n) is 8.57. The molecule has 0 radical (unpaired) electrons. The first-order valence-corrected chi connectivity index (χ1v) is 6.12. The van der Waals surface area contributed by atoms with Gasteiger partial charge < -0.3 is 0 Å². The van der Waals surface area contributed by atoms with Gasteiger partial charge in [0.15, 0.2) is 0 Å². The van der Waals surface area contributed by atoms with Gasteiger partial charge in [-0.3, -0.25) is 0 Å². The number of hydrogen-bond donors (Lipinski definition) is 0. The highest BCUT2D eigenvalue weighted by atomic mass is 79.9. The van der Waals surface area contributed by atoms with Crippen LogP contribution in [0.3, 0.4) is 0 Å². The Labute approximate surface area is 85.3 Å². The summed E-state index contributed by atoms with van der Waals surface area (Å²) in [6, 6.07) is 0. The molecule has 0 saturated heterocycles. The third-order valence-electron chi connectivity index (χ3n) is 3.38. The van der Waals surface area contributed by atoms with Crippen LogP contribution in [-0.2, 0) is 0 Å². The number of alkyl halides is 1. The molecular formula is C11H21Br. The van der Waals surface area contributed by atoms with Crippen LogP contribution in [0.15, 0.2) is 0 Å². The van der Waals surface area contributed by atoms with Crippen molar-refractivity contribution >= 4 is 15.9 Å². The fourth-order valence-electron chi connectivity index (χ4n) is 2.34. The Balaban J connectivity index is 2.52. The first kappa shape index (κ1) is 10.6. The van der Waals surface area contributed by atoms with Crippen molar-refractivity contribution in [2.45, 2.75) is 57.7 Å². The summed E-state index contributed by atoms with van der Waals surface area (Å²) >= 11 is 3.75. The Morgan fingerprint density at radius 2 is 2.08 bits per heavy atom. The minimum atomic E-state index is 0.598. The smallest absolute Gasteiger partial charge is 0.0148 e. The van der Waals surface area contributed by atoms with Crippen LogP contribution in [0.4, 0.5) is 0 Å². The van der Waals surface area contributed by atoms with Gasteiger partial charge in [-0.05, 0) is 30.6 Å². The zero-order valence-corrected chi connectivity index (χ0v) is 10.2. The molecule has 0 N–H and O–H groups in total. The highest BCUT2D eigenvalue weighted by molar-refractivity contribution is 9.09. The van der Waals surface area contributed by atoms with Gasteiger partial charge in [0.25, 0.3) is 0 Å². The van der Waals surface area contributed by atoms with E-state index in [9.17, 15) is 0 Å². The SMILES string of the molecule is CCCC1CC(Br)CCC1(C)C. The van der Waals surface area contributed by atoms with Crippen LogP contribution in [0.2, 0.25) is 0 Å². The van der Waals surface area contributed by atoms with Gasteiger partial charge in [-0.15, -0.1) is 0 Å². The molecule has 0 heterocycles. The molecule has 0 aromatic rings. The van der Waals surface area contributed by atoms with Gasteiger partial charge in [0.05, 0.1) is 0 Å². The standard InChI is InChI=1S/C11H21Br/c1-4-5-9-8-10(12)6-7-11(9,2)3/h9-10H,4-8H2,1-3H3. The van der Waals surface area contributed by atoms with Crippen LogP contribution in [-0.4, -0.2) is 4.83 Å². The van der Waals surface area contributed by atoms with Gasteiger partial charge in [0.1, 0.15) is 0 Å². The molecular weight excluding hydrogens is 212 g/mol. The van der Waals surface area contributed by atoms with Crippen molar-refractivity contribution in [3.8, 4) is 0 Å². The number of rotatable bonds is 2. The Kier molecular flexibility index (Phi) is 3.63. The monoisotopic (exact) mass is 232 g/mol. The molecule has 72 valence electrons. The van der Waals surface area contributed by atoms with Gasteiger partial charge in [0.2, 0.25) is 0 Å². The summed E-state index contributed by atoms with van der Waals surface area (Å²) in [6.07, 6.45) is 6.91. The number of hydrogen-bond acceptors (Lipinski definition) is 0. The predicted octanol–water partition coefficient (Wildman–Crippen LogP) is 4.38. The molecule has 1 rings (SSSR count). The summed E-state index contributed by atoms with van der Waals surface area (Å²) in [6.45, 7) is 7.17. The van der Waals surface area contributed by atoms with Crippen LogP contribution in [0.25, 0.3) is 0 Å². The summed E-state index contributed by atoms with van der Waals surface area (Å²) in [5.74, 6) is 0.945. The molecule has 2 atom stereocenters. The van der Waals surface area contributed by atoms with Crippen LogP contribution in [0.5, 0.6) is 0 Å². The molecule has 0 aromatic carbocycles. The second-order valence-electron chi connectivity index (χ2n) is 4.85. The normalized spacial score (nSPS) is 35.0. The third-order valence-corrected chi connectivity index (χ3v) is 4.22. The Morgan fingerprint density at radius 1 is 1.42 bits per heavy atom. The van der Waals surface area contributed by atoms with E-state index in [1.54, 1.807) is 0 Å². The molecule has 0 spiro atoms. The quantitative estimate of drug-likeness (QED) is 0.621. The lowest BCUT2D eigenvalue weighted by molar-refractivity contribution is 0.133. The van der Waals surface area contributed by atoms with E-state index in [0.717, 1.165) is 10.7 Å². The maximum absolute atomic E-state index is 3.75. The Hall–Kier alpha value is 0.480. The van der Waals surface area contributed by atoms with Crippen LogP contribution in [0, 0.1) is 11.3 Å². The van der Waals surface area contributed by atoms with E-state index in [4.69, 9.17) is 0 Å². The van der Waals surface area contributed by atoms with Gasteiger partial charge in [-0.25, -0.2) is 0 Å². The van der Waals surface area contributed by atoms with Crippen LogP contribution < -0.4 is 0 Å². The lowest BCUT2D eigenvalue weighted by Crippen LogP contribution is -2.31. The number of halogens is 1. The van der Waals surface area contributed by atoms with E-state index in [2.05, 4.69) is 36.7 Å². The van der Waals surface area contributed by atoms with Crippen molar-refractivity contribution in [3.63, 3.8) is 0 Å².